The van der Waals surface area contributed by atoms with Crippen LogP contribution in [0.2, 0.25) is 0 Å². The molecule has 1 aromatic carbocycles. The molecule has 9 nitrogen and oxygen atoms in total. The second-order valence-corrected chi connectivity index (χ2v) is 9.50. The molecular formula is C17H23N5O4S2. The number of hydrogen-bond acceptors (Lipinski definition) is 6. The van der Waals surface area contributed by atoms with Gasteiger partial charge in [-0.3, -0.25) is 5.32 Å². The maximum atomic E-state index is 12.3. The summed E-state index contributed by atoms with van der Waals surface area (Å²) in [6.07, 6.45) is 0.509. The monoisotopic (exact) mass is 425 g/mol. The van der Waals surface area contributed by atoms with Crippen LogP contribution in [0.15, 0.2) is 24.3 Å². The second kappa shape index (κ2) is 8.43. The van der Waals surface area contributed by atoms with Crippen molar-refractivity contribution in [2.45, 2.75) is 19.9 Å². The zero-order valence-electron chi connectivity index (χ0n) is 15.9. The predicted octanol–water partition coefficient (Wildman–Crippen LogP) is 2.35. The summed E-state index contributed by atoms with van der Waals surface area (Å²) in [5.74, 6) is 0.586. The lowest BCUT2D eigenvalue weighted by atomic mass is 10.2. The van der Waals surface area contributed by atoms with Crippen molar-refractivity contribution in [1.29, 1.82) is 0 Å². The Morgan fingerprint density at radius 2 is 2.07 bits per heavy atom. The highest BCUT2D eigenvalue weighted by Crippen LogP contribution is 2.30. The standard InChI is InChI=1S/C17H23N5O4S2/c1-4-26-14-8-6-5-7-12(14)18-16(23)20-17-19-13-9-10-22(11-15(13)27-17)28(24,25)21(2)3/h5-8H,4,9-11H2,1-3H3,(H2,18,19,20,23). The smallest absolute Gasteiger partial charge is 0.325 e. The van der Waals surface area contributed by atoms with Gasteiger partial charge in [-0.1, -0.05) is 23.5 Å². The fraction of sp³-hybridized carbons (Fsp3) is 0.412. The number of nitrogens with zero attached hydrogens (tertiary/aromatic N) is 3. The van der Waals surface area contributed by atoms with Gasteiger partial charge >= 0.3 is 6.03 Å². The first-order valence-corrected chi connectivity index (χ1v) is 11.0. The maximum Gasteiger partial charge on any atom is 0.325 e. The van der Waals surface area contributed by atoms with Gasteiger partial charge in [0.2, 0.25) is 0 Å². The van der Waals surface area contributed by atoms with Crippen molar-refractivity contribution < 1.29 is 17.9 Å². The number of urea groups is 1. The van der Waals surface area contributed by atoms with Gasteiger partial charge in [0.25, 0.3) is 10.2 Å². The Morgan fingerprint density at radius 1 is 1.32 bits per heavy atom. The summed E-state index contributed by atoms with van der Waals surface area (Å²) in [4.78, 5) is 17.6. The molecule has 3 rings (SSSR count). The summed E-state index contributed by atoms with van der Waals surface area (Å²) in [5.41, 5.74) is 1.38. The first kappa shape index (κ1) is 20.5. The van der Waals surface area contributed by atoms with Crippen LogP contribution in [-0.4, -0.2) is 55.3 Å². The van der Waals surface area contributed by atoms with Crippen LogP contribution >= 0.6 is 11.3 Å². The van der Waals surface area contributed by atoms with Crippen molar-refractivity contribution >= 4 is 38.4 Å². The Bertz CT molecular complexity index is 958. The molecule has 11 heteroatoms. The van der Waals surface area contributed by atoms with Gasteiger partial charge in [0.15, 0.2) is 5.13 Å². The van der Waals surface area contributed by atoms with Crippen LogP contribution < -0.4 is 15.4 Å². The summed E-state index contributed by atoms with van der Waals surface area (Å²) >= 11 is 1.28. The van der Waals surface area contributed by atoms with E-state index in [4.69, 9.17) is 4.74 Å². The molecule has 0 saturated carbocycles. The van der Waals surface area contributed by atoms with Crippen molar-refractivity contribution in [3.05, 3.63) is 34.8 Å². The van der Waals surface area contributed by atoms with Crippen LogP contribution in [0.1, 0.15) is 17.5 Å². The Balaban J connectivity index is 1.68. The van der Waals surface area contributed by atoms with E-state index in [0.29, 0.717) is 36.1 Å². The third kappa shape index (κ3) is 4.43. The number of ether oxygens (including phenoxy) is 1. The third-order valence-electron chi connectivity index (χ3n) is 4.14. The van der Waals surface area contributed by atoms with Gasteiger partial charge in [-0.15, -0.1) is 0 Å². The Hall–Kier alpha value is -2.21. The minimum atomic E-state index is -3.48. The number of aromatic nitrogens is 1. The lowest BCUT2D eigenvalue weighted by Crippen LogP contribution is -2.42. The minimum Gasteiger partial charge on any atom is -0.492 e. The van der Waals surface area contributed by atoms with Crippen LogP contribution in [-0.2, 0) is 23.2 Å². The number of thiazole rings is 1. The topological polar surface area (TPSA) is 104 Å². The molecule has 1 aromatic heterocycles. The molecule has 0 bridgehead atoms. The van der Waals surface area contributed by atoms with E-state index in [2.05, 4.69) is 15.6 Å². The predicted molar refractivity (Wildman–Crippen MR) is 109 cm³/mol. The Morgan fingerprint density at radius 3 is 2.79 bits per heavy atom. The molecule has 152 valence electrons. The van der Waals surface area contributed by atoms with Crippen LogP contribution in [0.3, 0.4) is 0 Å². The summed E-state index contributed by atoms with van der Waals surface area (Å²) in [5, 5.41) is 5.90. The zero-order valence-corrected chi connectivity index (χ0v) is 17.6. The van der Waals surface area contributed by atoms with E-state index >= 15 is 0 Å². The molecule has 0 saturated heterocycles. The van der Waals surface area contributed by atoms with Crippen LogP contribution in [0.5, 0.6) is 5.75 Å². The fourth-order valence-corrected chi connectivity index (χ4v) is 4.93. The number of nitrogens with one attached hydrogen (secondary N) is 2. The quantitative estimate of drug-likeness (QED) is 0.739. The van der Waals surface area contributed by atoms with Crippen LogP contribution in [0.25, 0.3) is 0 Å². The number of carbonyl (C=O) groups excluding carboxylic acids is 1. The molecule has 28 heavy (non-hydrogen) atoms. The number of rotatable bonds is 6. The van der Waals surface area contributed by atoms with Gasteiger partial charge < -0.3 is 10.1 Å². The number of benzene rings is 1. The number of fused-ring (bicyclic) bond motifs is 1. The van der Waals surface area contributed by atoms with Crippen molar-refractivity contribution in [3.8, 4) is 5.75 Å². The average Bonchev–Trinajstić information content (AvgIpc) is 3.04. The van der Waals surface area contributed by atoms with Gasteiger partial charge in [0.05, 0.1) is 24.5 Å². The molecule has 1 aliphatic heterocycles. The van der Waals surface area contributed by atoms with Crippen molar-refractivity contribution in [3.63, 3.8) is 0 Å². The van der Waals surface area contributed by atoms with Crippen LogP contribution in [0.4, 0.5) is 15.6 Å². The van der Waals surface area contributed by atoms with E-state index in [9.17, 15) is 13.2 Å². The SMILES string of the molecule is CCOc1ccccc1NC(=O)Nc1nc2c(s1)CN(S(=O)(=O)N(C)C)CC2. The molecule has 2 heterocycles. The first-order chi connectivity index (χ1) is 13.3. The molecule has 1 aliphatic rings. The van der Waals surface area contributed by atoms with E-state index in [1.54, 1.807) is 18.2 Å². The highest BCUT2D eigenvalue weighted by molar-refractivity contribution is 7.86. The lowest BCUT2D eigenvalue weighted by Gasteiger charge is -2.27. The number of anilines is 2. The van der Waals surface area contributed by atoms with Gasteiger partial charge in [-0.25, -0.2) is 9.78 Å². The average molecular weight is 426 g/mol. The molecule has 0 aliphatic carbocycles. The number of carbonyl (C=O) groups is 1. The summed E-state index contributed by atoms with van der Waals surface area (Å²) in [7, 11) is -0.458. The largest absolute Gasteiger partial charge is 0.492 e. The van der Waals surface area contributed by atoms with Crippen molar-refractivity contribution in [2.75, 3.05) is 37.9 Å². The Kier molecular flexibility index (Phi) is 6.18. The highest BCUT2D eigenvalue weighted by Gasteiger charge is 2.30. The minimum absolute atomic E-state index is 0.254. The number of para-hydroxylation sites is 2. The fourth-order valence-electron chi connectivity index (χ4n) is 2.76. The zero-order chi connectivity index (χ0) is 20.3. The van der Waals surface area contributed by atoms with Gasteiger partial charge in [-0.05, 0) is 19.1 Å². The maximum absolute atomic E-state index is 12.3. The molecule has 0 unspecified atom stereocenters. The van der Waals surface area contributed by atoms with E-state index in [1.807, 2.05) is 13.0 Å². The normalized spacial score (nSPS) is 14.6. The number of hydrogen-bond donors (Lipinski definition) is 2. The van der Waals surface area contributed by atoms with E-state index in [1.165, 1.54) is 34.0 Å². The van der Waals surface area contributed by atoms with E-state index in [-0.39, 0.29) is 6.54 Å². The molecule has 2 amide bonds. The van der Waals surface area contributed by atoms with E-state index in [0.717, 1.165) is 10.6 Å². The molecule has 0 atom stereocenters. The molecule has 0 radical (unpaired) electrons. The molecular weight excluding hydrogens is 402 g/mol. The first-order valence-electron chi connectivity index (χ1n) is 8.77. The lowest BCUT2D eigenvalue weighted by molar-refractivity contribution is 0.262. The molecule has 0 fully saturated rings. The van der Waals surface area contributed by atoms with Gasteiger partial charge in [-0.2, -0.15) is 17.0 Å². The van der Waals surface area contributed by atoms with E-state index < -0.39 is 16.2 Å². The van der Waals surface area contributed by atoms with Crippen molar-refractivity contribution in [2.24, 2.45) is 0 Å². The molecule has 0 spiro atoms. The summed E-state index contributed by atoms with van der Waals surface area (Å²) in [6.45, 7) is 2.98. The molecule has 2 N–H and O–H groups in total. The molecule has 2 aromatic rings. The summed E-state index contributed by atoms with van der Waals surface area (Å²) < 4.78 is 32.7. The third-order valence-corrected chi connectivity index (χ3v) is 7.02. The summed E-state index contributed by atoms with van der Waals surface area (Å²) in [6, 6.07) is 6.73. The Labute approximate surface area is 168 Å². The van der Waals surface area contributed by atoms with Gasteiger partial charge in [0, 0.05) is 31.9 Å². The highest BCUT2D eigenvalue weighted by atomic mass is 32.2. The number of amides is 2. The van der Waals surface area contributed by atoms with Gasteiger partial charge in [0.1, 0.15) is 5.75 Å². The van der Waals surface area contributed by atoms with Crippen LogP contribution in [0, 0.1) is 0 Å². The van der Waals surface area contributed by atoms with Crippen molar-refractivity contribution in [1.82, 2.24) is 13.6 Å². The second-order valence-electron chi connectivity index (χ2n) is 6.27.